The molecule has 2 aliphatic heterocycles. The first-order valence-electron chi connectivity index (χ1n) is 12.2. The molecule has 16 heteroatoms. The number of H-pyrrole nitrogens is 1. The average Bonchev–Trinajstić information content (AvgIpc) is 3.52. The van der Waals surface area contributed by atoms with E-state index in [0.717, 1.165) is 0 Å². The number of nitrogens with zero attached hydrogens (tertiary/aromatic N) is 3. The lowest BCUT2D eigenvalue weighted by Crippen LogP contribution is -2.46. The van der Waals surface area contributed by atoms with Crippen LogP contribution in [0, 0.1) is 0 Å². The van der Waals surface area contributed by atoms with Gasteiger partial charge in [0.1, 0.15) is 29.6 Å². The number of nitrogen functional groups attached to an aromatic ring is 1. The van der Waals surface area contributed by atoms with Gasteiger partial charge in [-0.2, -0.15) is 10.1 Å². The van der Waals surface area contributed by atoms with Gasteiger partial charge in [0, 0.05) is 0 Å². The number of carbonyl (C=O) groups is 1. The lowest BCUT2D eigenvalue weighted by atomic mass is 10.0. The number of imidazole rings is 1. The number of aromatic amines is 1. The van der Waals surface area contributed by atoms with E-state index in [9.17, 15) is 19.3 Å². The summed E-state index contributed by atoms with van der Waals surface area (Å²) in [6.45, 7) is 4.32. The van der Waals surface area contributed by atoms with E-state index >= 15 is 0 Å². The number of aromatic nitrogens is 4. The van der Waals surface area contributed by atoms with Crippen molar-refractivity contribution in [3.8, 4) is 5.75 Å². The van der Waals surface area contributed by atoms with Gasteiger partial charge in [0.05, 0.1) is 25.6 Å². The van der Waals surface area contributed by atoms with Crippen LogP contribution in [0.1, 0.15) is 27.0 Å². The second-order valence-electron chi connectivity index (χ2n) is 9.58. The molecular formula is C23H29N6O9P. The van der Waals surface area contributed by atoms with Crippen molar-refractivity contribution in [2.45, 2.75) is 57.0 Å². The first kappa shape index (κ1) is 27.2. The van der Waals surface area contributed by atoms with E-state index in [1.165, 1.54) is 17.8 Å². The number of hydrogen-bond acceptors (Lipinski definition) is 12. The first-order chi connectivity index (χ1) is 18.5. The molecule has 2 aromatic heterocycles. The summed E-state index contributed by atoms with van der Waals surface area (Å²) in [6.07, 6.45) is -2.10. The second kappa shape index (κ2) is 10.3. The highest BCUT2D eigenvalue weighted by Gasteiger charge is 2.63. The molecule has 0 radical (unpaired) electrons. The molecule has 210 valence electrons. The molecule has 0 amide bonds. The summed E-state index contributed by atoms with van der Waals surface area (Å²) in [4.78, 5) is 35.2. The minimum absolute atomic E-state index is 0.0302. The summed E-state index contributed by atoms with van der Waals surface area (Å²) < 4.78 is 43.9. The van der Waals surface area contributed by atoms with Crippen LogP contribution in [0.15, 0.2) is 41.5 Å². The summed E-state index contributed by atoms with van der Waals surface area (Å²) in [5.74, 6) is -0.550. The Labute approximate surface area is 222 Å². The molecule has 39 heavy (non-hydrogen) atoms. The molecule has 5 rings (SSSR count). The Morgan fingerprint density at radius 1 is 1.36 bits per heavy atom. The molecule has 2 aliphatic rings. The average molecular weight is 564 g/mol. The standard InChI is InChI=1S/C23H29N6O9P/c1-12(2)36-21(32)13(3)28-39(33,38-14-7-5-4-6-8-14)35-10-23-9-34-16(17(23)30)20(37-23)29-11-25-15-18(29)26-22(24)27-19(15)31/h4-8,11-13,16-17,20,30H,9-10H2,1-3H3,(H,28,33)(H3,24,26,27,31)/t13-,16+,17-,20+,23+,39?/m0/s1. The van der Waals surface area contributed by atoms with Gasteiger partial charge >= 0.3 is 13.7 Å². The monoisotopic (exact) mass is 564 g/mol. The fraction of sp³-hybridized carbons (Fsp3) is 0.478. The van der Waals surface area contributed by atoms with Crippen molar-refractivity contribution in [2.75, 3.05) is 18.9 Å². The normalized spacial score (nSPS) is 26.5. The van der Waals surface area contributed by atoms with Gasteiger partial charge in [-0.3, -0.25) is 23.7 Å². The number of ether oxygens (including phenoxy) is 3. The van der Waals surface area contributed by atoms with Crippen molar-refractivity contribution >= 4 is 30.8 Å². The van der Waals surface area contributed by atoms with Crippen LogP contribution in [-0.2, 0) is 28.1 Å². The number of rotatable bonds is 10. The highest BCUT2D eigenvalue weighted by Crippen LogP contribution is 2.50. The fourth-order valence-electron chi connectivity index (χ4n) is 4.40. The lowest BCUT2D eigenvalue weighted by molar-refractivity contribution is -0.183. The van der Waals surface area contributed by atoms with E-state index < -0.39 is 56.0 Å². The van der Waals surface area contributed by atoms with Crippen LogP contribution >= 0.6 is 7.75 Å². The molecule has 6 atom stereocenters. The van der Waals surface area contributed by atoms with Crippen molar-refractivity contribution in [1.82, 2.24) is 24.6 Å². The number of para-hydroxylation sites is 1. The third-order valence-electron chi connectivity index (χ3n) is 6.24. The number of anilines is 1. The third kappa shape index (κ3) is 5.29. The molecule has 0 saturated carbocycles. The van der Waals surface area contributed by atoms with Crippen LogP contribution in [0.2, 0.25) is 0 Å². The Balaban J connectivity index is 1.38. The molecule has 2 bridgehead atoms. The Kier molecular flexibility index (Phi) is 7.22. The summed E-state index contributed by atoms with van der Waals surface area (Å²) in [5, 5.41) is 13.7. The Morgan fingerprint density at radius 2 is 2.10 bits per heavy atom. The lowest BCUT2D eigenvalue weighted by Gasteiger charge is -2.32. The third-order valence-corrected chi connectivity index (χ3v) is 7.86. The van der Waals surface area contributed by atoms with Crippen molar-refractivity contribution in [1.29, 1.82) is 0 Å². The molecule has 3 aromatic rings. The van der Waals surface area contributed by atoms with E-state index in [-0.39, 0.29) is 35.6 Å². The van der Waals surface area contributed by atoms with E-state index in [0.29, 0.717) is 0 Å². The van der Waals surface area contributed by atoms with E-state index in [2.05, 4.69) is 20.0 Å². The van der Waals surface area contributed by atoms with Crippen LogP contribution in [0.5, 0.6) is 5.75 Å². The number of benzene rings is 1. The Bertz CT molecular complexity index is 1460. The van der Waals surface area contributed by atoms with Crippen molar-refractivity contribution in [3.63, 3.8) is 0 Å². The number of aliphatic hydroxyl groups is 1. The SMILES string of the molecule is CC(C)OC(=O)[C@H](C)NP(=O)(OC[C@@]12CO[C@@H]([C@H](n3cnc4c(=O)[nH]c(N)nc43)O1)[C@@H]2O)Oc1ccccc1. The molecule has 0 aliphatic carbocycles. The van der Waals surface area contributed by atoms with Crippen LogP contribution in [0.4, 0.5) is 5.95 Å². The largest absolute Gasteiger partial charge is 0.462 e. The fourth-order valence-corrected chi connectivity index (χ4v) is 5.94. The number of fused-ring (bicyclic) bond motifs is 3. The van der Waals surface area contributed by atoms with Crippen LogP contribution in [0.25, 0.3) is 11.2 Å². The molecule has 2 saturated heterocycles. The molecule has 4 heterocycles. The summed E-state index contributed by atoms with van der Waals surface area (Å²) in [6, 6.07) is 7.20. The first-order valence-corrected chi connectivity index (χ1v) is 13.7. The van der Waals surface area contributed by atoms with Crippen LogP contribution < -0.4 is 20.9 Å². The minimum atomic E-state index is -4.23. The number of nitrogens with one attached hydrogen (secondary N) is 2. The van der Waals surface area contributed by atoms with Crippen molar-refractivity contribution in [2.24, 2.45) is 0 Å². The highest BCUT2D eigenvalue weighted by molar-refractivity contribution is 7.52. The van der Waals surface area contributed by atoms with Crippen molar-refractivity contribution in [3.05, 3.63) is 47.0 Å². The Morgan fingerprint density at radius 3 is 2.82 bits per heavy atom. The van der Waals surface area contributed by atoms with Gasteiger partial charge in [-0.1, -0.05) is 18.2 Å². The molecule has 2 fully saturated rings. The van der Waals surface area contributed by atoms with Crippen molar-refractivity contribution < 1.29 is 37.7 Å². The Hall–Kier alpha value is -3.33. The van der Waals surface area contributed by atoms with Gasteiger partial charge in [-0.05, 0) is 32.9 Å². The zero-order valence-corrected chi connectivity index (χ0v) is 22.2. The number of esters is 1. The summed E-state index contributed by atoms with van der Waals surface area (Å²) in [5.41, 5.74) is 3.87. The maximum absolute atomic E-state index is 13.9. The molecule has 0 spiro atoms. The predicted octanol–water partition coefficient (Wildman–Crippen LogP) is 0.863. The smallest absolute Gasteiger partial charge is 0.459 e. The van der Waals surface area contributed by atoms with Gasteiger partial charge in [0.25, 0.3) is 5.56 Å². The number of nitrogens with two attached hydrogens (primary N) is 1. The topological polar surface area (TPSA) is 202 Å². The molecular weight excluding hydrogens is 535 g/mol. The second-order valence-corrected chi connectivity index (χ2v) is 11.3. The predicted molar refractivity (Wildman–Crippen MR) is 136 cm³/mol. The quantitative estimate of drug-likeness (QED) is 0.200. The van der Waals surface area contributed by atoms with Gasteiger partial charge in [-0.25, -0.2) is 9.55 Å². The number of aliphatic hydroxyl groups excluding tert-OH is 1. The number of carbonyl (C=O) groups excluding carboxylic acids is 1. The maximum Gasteiger partial charge on any atom is 0.459 e. The molecule has 1 unspecified atom stereocenters. The van der Waals surface area contributed by atoms with E-state index in [1.54, 1.807) is 44.2 Å². The zero-order valence-electron chi connectivity index (χ0n) is 21.3. The molecule has 1 aromatic carbocycles. The highest BCUT2D eigenvalue weighted by atomic mass is 31.2. The summed E-state index contributed by atoms with van der Waals surface area (Å²) >= 11 is 0. The van der Waals surface area contributed by atoms with Gasteiger partial charge in [-0.15, -0.1) is 0 Å². The number of hydrogen-bond donors (Lipinski definition) is 4. The zero-order chi connectivity index (χ0) is 27.9. The molecule has 15 nitrogen and oxygen atoms in total. The maximum atomic E-state index is 13.9. The minimum Gasteiger partial charge on any atom is -0.462 e. The van der Waals surface area contributed by atoms with Crippen LogP contribution in [-0.4, -0.2) is 73.8 Å². The van der Waals surface area contributed by atoms with Crippen LogP contribution in [0.3, 0.4) is 0 Å². The molecule has 5 N–H and O–H groups in total. The van der Waals surface area contributed by atoms with E-state index in [1.807, 2.05) is 0 Å². The summed E-state index contributed by atoms with van der Waals surface area (Å²) in [7, 11) is -4.23. The van der Waals surface area contributed by atoms with Gasteiger partial charge in [0.15, 0.2) is 17.4 Å². The van der Waals surface area contributed by atoms with E-state index in [4.69, 9.17) is 29.0 Å². The van der Waals surface area contributed by atoms with Gasteiger partial charge in [0.2, 0.25) is 5.95 Å². The van der Waals surface area contributed by atoms with Gasteiger partial charge < -0.3 is 29.6 Å².